The summed E-state index contributed by atoms with van der Waals surface area (Å²) >= 11 is 0. The minimum atomic E-state index is -1.03. The molecule has 2 aromatic rings. The van der Waals surface area contributed by atoms with Crippen molar-refractivity contribution in [2.24, 2.45) is 0 Å². The molecule has 0 aliphatic rings. The molecular weight excluding hydrogens is 294 g/mol. The van der Waals surface area contributed by atoms with Crippen molar-refractivity contribution in [2.45, 2.75) is 40.2 Å². The topological polar surface area (TPSA) is 79.5 Å². The number of carbonyl (C=O) groups is 2. The van der Waals surface area contributed by atoms with E-state index in [2.05, 4.69) is 11.4 Å². The highest BCUT2D eigenvalue weighted by Gasteiger charge is 2.22. The minimum absolute atomic E-state index is 0.181. The summed E-state index contributed by atoms with van der Waals surface area (Å²) in [5.74, 6) is -1.17. The molecule has 2 rings (SSSR count). The fraction of sp³-hybridized carbons (Fsp3) is 0.333. The summed E-state index contributed by atoms with van der Waals surface area (Å²) in [6, 6.07) is 5.94. The summed E-state index contributed by atoms with van der Waals surface area (Å²) in [5, 5.41) is 11.8. The number of furan rings is 1. The van der Waals surface area contributed by atoms with E-state index in [9.17, 15) is 9.59 Å². The van der Waals surface area contributed by atoms with Gasteiger partial charge in [0.1, 0.15) is 12.2 Å². The van der Waals surface area contributed by atoms with Gasteiger partial charge < -0.3 is 14.8 Å². The first kappa shape index (κ1) is 16.8. The quantitative estimate of drug-likeness (QED) is 0.887. The number of carbonyl (C=O) groups excluding carboxylic acids is 1. The highest BCUT2D eigenvalue weighted by Crippen LogP contribution is 2.21. The lowest BCUT2D eigenvalue weighted by atomic mass is 10.0. The van der Waals surface area contributed by atoms with Crippen LogP contribution in [0.2, 0.25) is 0 Å². The fourth-order valence-corrected chi connectivity index (χ4v) is 2.68. The summed E-state index contributed by atoms with van der Waals surface area (Å²) in [7, 11) is 0. The van der Waals surface area contributed by atoms with Gasteiger partial charge in [0.15, 0.2) is 0 Å². The van der Waals surface area contributed by atoms with Crippen molar-refractivity contribution in [1.29, 1.82) is 0 Å². The molecule has 23 heavy (non-hydrogen) atoms. The molecule has 122 valence electrons. The lowest BCUT2D eigenvalue weighted by molar-refractivity contribution is -0.136. The average Bonchev–Trinajstić information content (AvgIpc) is 2.77. The number of hydrogen-bond donors (Lipinski definition) is 2. The van der Waals surface area contributed by atoms with Gasteiger partial charge in [-0.2, -0.15) is 0 Å². The average molecular weight is 315 g/mol. The number of carboxylic acid groups (broad SMARTS) is 1. The van der Waals surface area contributed by atoms with E-state index in [0.29, 0.717) is 11.1 Å². The molecule has 1 aromatic heterocycles. The second kappa shape index (κ2) is 6.69. The first-order valence-corrected chi connectivity index (χ1v) is 7.45. The van der Waals surface area contributed by atoms with E-state index in [-0.39, 0.29) is 24.1 Å². The van der Waals surface area contributed by atoms with Gasteiger partial charge >= 0.3 is 5.97 Å². The third-order valence-electron chi connectivity index (χ3n) is 3.68. The minimum Gasteiger partial charge on any atom is -0.481 e. The van der Waals surface area contributed by atoms with Gasteiger partial charge in [-0.25, -0.2) is 0 Å². The van der Waals surface area contributed by atoms with Crippen LogP contribution in [-0.4, -0.2) is 17.0 Å². The zero-order valence-electron chi connectivity index (χ0n) is 13.8. The molecule has 0 spiro atoms. The van der Waals surface area contributed by atoms with E-state index in [1.807, 2.05) is 32.9 Å². The molecule has 0 saturated heterocycles. The largest absolute Gasteiger partial charge is 0.481 e. The Labute approximate surface area is 135 Å². The number of aliphatic carboxylic acids is 1. The van der Waals surface area contributed by atoms with Crippen LogP contribution in [0.4, 0.5) is 0 Å². The monoisotopic (exact) mass is 315 g/mol. The van der Waals surface area contributed by atoms with E-state index in [1.165, 1.54) is 6.26 Å². The Morgan fingerprint density at radius 3 is 2.35 bits per heavy atom. The first-order valence-electron chi connectivity index (χ1n) is 7.45. The Bertz CT molecular complexity index is 725. The highest BCUT2D eigenvalue weighted by atomic mass is 16.4. The zero-order valence-corrected chi connectivity index (χ0v) is 13.8. The van der Waals surface area contributed by atoms with E-state index in [0.717, 1.165) is 16.7 Å². The number of benzene rings is 1. The molecular formula is C18H21NO4. The molecule has 0 aliphatic carbocycles. The van der Waals surface area contributed by atoms with Gasteiger partial charge in [0.25, 0.3) is 5.91 Å². The maximum Gasteiger partial charge on any atom is 0.311 e. The maximum atomic E-state index is 12.5. The Hall–Kier alpha value is -2.56. The Morgan fingerprint density at radius 1 is 1.17 bits per heavy atom. The van der Waals surface area contributed by atoms with Gasteiger partial charge in [0, 0.05) is 5.56 Å². The van der Waals surface area contributed by atoms with Crippen LogP contribution in [-0.2, 0) is 11.2 Å². The fourth-order valence-electron chi connectivity index (χ4n) is 2.68. The predicted molar refractivity (Wildman–Crippen MR) is 86.6 cm³/mol. The lowest BCUT2D eigenvalue weighted by Gasteiger charge is -2.16. The van der Waals surface area contributed by atoms with Crippen molar-refractivity contribution in [2.75, 3.05) is 0 Å². The number of amides is 1. The summed E-state index contributed by atoms with van der Waals surface area (Å²) in [6.45, 7) is 7.65. The van der Waals surface area contributed by atoms with Crippen molar-refractivity contribution < 1.29 is 19.1 Å². The zero-order chi connectivity index (χ0) is 17.1. The molecule has 5 nitrogen and oxygen atoms in total. The van der Waals surface area contributed by atoms with Gasteiger partial charge in [-0.15, -0.1) is 0 Å². The predicted octanol–water partition coefficient (Wildman–Crippen LogP) is 3.32. The SMILES string of the molecule is Cc1cc(C)cc(C(C)NC(=O)c2c(C)coc2CC(=O)O)c1. The van der Waals surface area contributed by atoms with E-state index in [4.69, 9.17) is 9.52 Å². The molecule has 0 saturated carbocycles. The van der Waals surface area contributed by atoms with Crippen molar-refractivity contribution in [3.8, 4) is 0 Å². The van der Waals surface area contributed by atoms with Crippen LogP contribution in [0.15, 0.2) is 28.9 Å². The number of rotatable bonds is 5. The molecule has 2 N–H and O–H groups in total. The Balaban J connectivity index is 2.21. The van der Waals surface area contributed by atoms with Gasteiger partial charge in [-0.1, -0.05) is 29.3 Å². The van der Waals surface area contributed by atoms with Crippen molar-refractivity contribution >= 4 is 11.9 Å². The molecule has 1 heterocycles. The third-order valence-corrected chi connectivity index (χ3v) is 3.68. The van der Waals surface area contributed by atoms with Crippen LogP contribution in [0.3, 0.4) is 0 Å². The first-order chi connectivity index (χ1) is 10.8. The lowest BCUT2D eigenvalue weighted by Crippen LogP contribution is -2.28. The summed E-state index contributed by atoms with van der Waals surface area (Å²) < 4.78 is 5.21. The summed E-state index contributed by atoms with van der Waals surface area (Å²) in [6.07, 6.45) is 1.10. The van der Waals surface area contributed by atoms with Gasteiger partial charge in [-0.05, 0) is 33.3 Å². The van der Waals surface area contributed by atoms with Crippen LogP contribution >= 0.6 is 0 Å². The molecule has 0 aliphatic heterocycles. The highest BCUT2D eigenvalue weighted by molar-refractivity contribution is 5.97. The number of hydrogen-bond acceptors (Lipinski definition) is 3. The molecule has 1 amide bonds. The second-order valence-corrected chi connectivity index (χ2v) is 5.90. The van der Waals surface area contributed by atoms with E-state index in [1.54, 1.807) is 6.92 Å². The normalized spacial score (nSPS) is 12.0. The van der Waals surface area contributed by atoms with Gasteiger partial charge in [-0.3, -0.25) is 9.59 Å². The summed E-state index contributed by atoms with van der Waals surface area (Å²) in [5.41, 5.74) is 4.21. The van der Waals surface area contributed by atoms with E-state index >= 15 is 0 Å². The summed E-state index contributed by atoms with van der Waals surface area (Å²) in [4.78, 5) is 23.4. The molecule has 0 bridgehead atoms. The second-order valence-electron chi connectivity index (χ2n) is 5.90. The van der Waals surface area contributed by atoms with Crippen LogP contribution in [0, 0.1) is 20.8 Å². The molecule has 5 heteroatoms. The van der Waals surface area contributed by atoms with Crippen molar-refractivity contribution in [3.05, 3.63) is 58.0 Å². The van der Waals surface area contributed by atoms with Gasteiger partial charge in [0.2, 0.25) is 0 Å². The van der Waals surface area contributed by atoms with Gasteiger partial charge in [0.05, 0.1) is 17.9 Å². The Morgan fingerprint density at radius 2 is 1.78 bits per heavy atom. The number of aryl methyl sites for hydroxylation is 3. The molecule has 1 atom stereocenters. The smallest absolute Gasteiger partial charge is 0.311 e. The third kappa shape index (κ3) is 4.00. The van der Waals surface area contributed by atoms with Crippen molar-refractivity contribution in [3.63, 3.8) is 0 Å². The molecule has 1 aromatic carbocycles. The maximum absolute atomic E-state index is 12.5. The van der Waals surface area contributed by atoms with Crippen LogP contribution in [0.1, 0.15) is 51.3 Å². The van der Waals surface area contributed by atoms with Crippen LogP contribution < -0.4 is 5.32 Å². The van der Waals surface area contributed by atoms with E-state index < -0.39 is 5.97 Å². The molecule has 1 unspecified atom stereocenters. The molecule has 0 radical (unpaired) electrons. The number of nitrogens with one attached hydrogen (secondary N) is 1. The van der Waals surface area contributed by atoms with Crippen LogP contribution in [0.5, 0.6) is 0 Å². The Kier molecular flexibility index (Phi) is 4.89. The molecule has 0 fully saturated rings. The van der Waals surface area contributed by atoms with Crippen molar-refractivity contribution in [1.82, 2.24) is 5.32 Å². The van der Waals surface area contributed by atoms with Crippen LogP contribution in [0.25, 0.3) is 0 Å². The standard InChI is InChI=1S/C18H21NO4/c1-10-5-11(2)7-14(6-10)13(4)19-18(22)17-12(3)9-23-15(17)8-16(20)21/h5-7,9,13H,8H2,1-4H3,(H,19,22)(H,20,21). The number of carboxylic acids is 1.